The molecule has 1 atom stereocenters. The van der Waals surface area contributed by atoms with Crippen LogP contribution >= 0.6 is 0 Å². The lowest BCUT2D eigenvalue weighted by molar-refractivity contribution is -0.147. The zero-order valence-electron chi connectivity index (χ0n) is 23.0. The lowest BCUT2D eigenvalue weighted by atomic mass is 10.1. The molecule has 1 unspecified atom stereocenters. The van der Waals surface area contributed by atoms with E-state index in [0.717, 1.165) is 12.8 Å². The summed E-state index contributed by atoms with van der Waals surface area (Å²) < 4.78 is 19.9. The minimum Gasteiger partial charge on any atom is -0.464 e. The zero-order chi connectivity index (χ0) is 29.4. The highest BCUT2D eigenvalue weighted by atomic mass is 16.6. The molecule has 0 saturated heterocycles. The van der Waals surface area contributed by atoms with E-state index in [4.69, 9.17) is 29.2 Å². The molecule has 0 amide bonds. The number of aliphatic imine (C=N–C) groups is 2. The minimum absolute atomic E-state index is 0.149. The van der Waals surface area contributed by atoms with Crippen LogP contribution in [-0.2, 0) is 42.9 Å². The average molecular weight is 561 g/mol. The fourth-order valence-electron chi connectivity index (χ4n) is 2.90. The number of esters is 3. The third-order valence-corrected chi connectivity index (χ3v) is 4.89. The molecule has 39 heavy (non-hydrogen) atoms. The molecular weight excluding hydrogens is 516 g/mol. The van der Waals surface area contributed by atoms with Crippen molar-refractivity contribution in [3.8, 4) is 0 Å². The first-order valence-electron chi connectivity index (χ1n) is 13.3. The molecule has 13 nitrogen and oxygen atoms in total. The van der Waals surface area contributed by atoms with Crippen LogP contribution < -0.4 is 0 Å². The fourth-order valence-corrected chi connectivity index (χ4v) is 2.90. The third-order valence-electron chi connectivity index (χ3n) is 4.89. The Labute approximate surface area is 230 Å². The van der Waals surface area contributed by atoms with E-state index < -0.39 is 12.0 Å². The van der Waals surface area contributed by atoms with Crippen LogP contribution in [0.1, 0.15) is 77.6 Å². The molecule has 0 aliphatic carbocycles. The van der Waals surface area contributed by atoms with Crippen LogP contribution in [0, 0.1) is 0 Å². The first-order chi connectivity index (χ1) is 19.0. The van der Waals surface area contributed by atoms with Crippen molar-refractivity contribution in [2.75, 3.05) is 52.8 Å². The van der Waals surface area contributed by atoms with Crippen molar-refractivity contribution in [2.24, 2.45) is 9.98 Å². The maximum absolute atomic E-state index is 11.3. The second kappa shape index (κ2) is 31.3. The van der Waals surface area contributed by atoms with Gasteiger partial charge in [0.2, 0.25) is 12.2 Å². The molecule has 2 N–H and O–H groups in total. The molecule has 0 aliphatic rings. The van der Waals surface area contributed by atoms with Gasteiger partial charge in [-0.1, -0.05) is 12.8 Å². The molecule has 0 radical (unpaired) electrons. The number of nitrogens with zero attached hydrogens (tertiary/aromatic N) is 2. The number of hydrogen-bond donors (Lipinski definition) is 2. The van der Waals surface area contributed by atoms with Gasteiger partial charge in [0.1, 0.15) is 13.2 Å². The van der Waals surface area contributed by atoms with Gasteiger partial charge >= 0.3 is 17.9 Å². The van der Waals surface area contributed by atoms with Crippen molar-refractivity contribution < 1.29 is 53.1 Å². The molecule has 0 heterocycles. The van der Waals surface area contributed by atoms with Crippen molar-refractivity contribution in [1.29, 1.82) is 0 Å². The van der Waals surface area contributed by atoms with Gasteiger partial charge in [-0.05, 0) is 51.9 Å². The Morgan fingerprint density at radius 2 is 1.28 bits per heavy atom. The van der Waals surface area contributed by atoms with Gasteiger partial charge in [0.15, 0.2) is 6.04 Å². The van der Waals surface area contributed by atoms with Crippen molar-refractivity contribution in [1.82, 2.24) is 0 Å². The van der Waals surface area contributed by atoms with Crippen LogP contribution in [0.25, 0.3) is 0 Å². The predicted octanol–water partition coefficient (Wildman–Crippen LogP) is 1.95. The second-order valence-corrected chi connectivity index (χ2v) is 8.08. The molecule has 0 bridgehead atoms. The van der Waals surface area contributed by atoms with Gasteiger partial charge in [-0.2, -0.15) is 4.99 Å². The van der Waals surface area contributed by atoms with Crippen LogP contribution in [0.15, 0.2) is 9.98 Å². The van der Waals surface area contributed by atoms with Crippen molar-refractivity contribution in [3.63, 3.8) is 0 Å². The van der Waals surface area contributed by atoms with E-state index in [1.165, 1.54) is 12.2 Å². The summed E-state index contributed by atoms with van der Waals surface area (Å²) in [5, 5.41) is 17.2. The highest BCUT2D eigenvalue weighted by Gasteiger charge is 2.18. The summed E-state index contributed by atoms with van der Waals surface area (Å²) in [5.41, 5.74) is 0. The van der Waals surface area contributed by atoms with Gasteiger partial charge in [-0.15, -0.1) is 0 Å². The maximum atomic E-state index is 11.3. The quantitative estimate of drug-likeness (QED) is 0.0577. The van der Waals surface area contributed by atoms with Crippen LogP contribution in [-0.4, -0.2) is 99.1 Å². The third kappa shape index (κ3) is 29.5. The number of aliphatic hydroxyl groups is 2. The SMILES string of the molecule is CCOC(=O)C(CCCCN=C=O)N=C=O.O=C(CCCCCO)OCCOCCOC(=O)CCCCCO. The molecule has 0 saturated carbocycles. The molecule has 0 aliphatic heterocycles. The van der Waals surface area contributed by atoms with Gasteiger partial charge in [0, 0.05) is 26.1 Å². The van der Waals surface area contributed by atoms with Crippen LogP contribution in [0.2, 0.25) is 0 Å². The smallest absolute Gasteiger partial charge is 0.331 e. The zero-order valence-corrected chi connectivity index (χ0v) is 23.0. The Morgan fingerprint density at radius 1 is 0.718 bits per heavy atom. The van der Waals surface area contributed by atoms with Crippen LogP contribution in [0.4, 0.5) is 0 Å². The molecule has 13 heteroatoms. The molecule has 0 spiro atoms. The molecule has 0 aromatic heterocycles. The number of aliphatic hydroxyl groups excluding tert-OH is 2. The average Bonchev–Trinajstić information content (AvgIpc) is 2.92. The lowest BCUT2D eigenvalue weighted by Gasteiger charge is -2.08. The van der Waals surface area contributed by atoms with Crippen LogP contribution in [0.3, 0.4) is 0 Å². The largest absolute Gasteiger partial charge is 0.464 e. The summed E-state index contributed by atoms with van der Waals surface area (Å²) in [7, 11) is 0. The summed E-state index contributed by atoms with van der Waals surface area (Å²) in [5.74, 6) is -1.05. The number of ether oxygens (including phenoxy) is 4. The topological polar surface area (TPSA) is 187 Å². The Bertz CT molecular complexity index is 693. The van der Waals surface area contributed by atoms with E-state index in [1.807, 2.05) is 0 Å². The normalized spacial score (nSPS) is 10.6. The summed E-state index contributed by atoms with van der Waals surface area (Å²) in [4.78, 5) is 60.5. The lowest BCUT2D eigenvalue weighted by Crippen LogP contribution is -2.21. The molecule has 0 aromatic rings. The summed E-state index contributed by atoms with van der Waals surface area (Å²) in [6, 6.07) is -0.794. The van der Waals surface area contributed by atoms with Crippen molar-refractivity contribution in [3.05, 3.63) is 0 Å². The number of isocyanates is 2. The maximum Gasteiger partial charge on any atom is 0.331 e. The highest BCUT2D eigenvalue weighted by molar-refractivity contribution is 5.76. The standard InChI is InChI=1S/C16H30O7.C10H14N2O4/c17-9-5-1-3-7-15(19)22-13-11-21-12-14-23-16(20)8-4-2-6-10-18;1-2-16-10(15)9(12-8-14)5-3-4-6-11-7-13/h17-18H,1-14H2;9H,2-6H2,1H3. The van der Waals surface area contributed by atoms with E-state index in [0.29, 0.717) is 64.3 Å². The minimum atomic E-state index is -0.794. The Balaban J connectivity index is 0. The first kappa shape index (κ1) is 38.2. The van der Waals surface area contributed by atoms with E-state index in [2.05, 4.69) is 9.98 Å². The Hall–Kier alpha value is -2.95. The second-order valence-electron chi connectivity index (χ2n) is 8.08. The molecule has 0 rings (SSSR count). The molecule has 224 valence electrons. The number of hydrogen-bond acceptors (Lipinski definition) is 13. The van der Waals surface area contributed by atoms with Gasteiger partial charge in [-0.3, -0.25) is 9.59 Å². The summed E-state index contributed by atoms with van der Waals surface area (Å²) in [6.07, 6.45) is 9.60. The number of unbranched alkanes of at least 4 members (excludes halogenated alkanes) is 5. The van der Waals surface area contributed by atoms with E-state index in [9.17, 15) is 24.0 Å². The van der Waals surface area contributed by atoms with E-state index >= 15 is 0 Å². The van der Waals surface area contributed by atoms with Gasteiger partial charge < -0.3 is 29.2 Å². The predicted molar refractivity (Wildman–Crippen MR) is 139 cm³/mol. The molecule has 0 aromatic carbocycles. The van der Waals surface area contributed by atoms with Gasteiger partial charge in [0.05, 0.1) is 26.4 Å². The first-order valence-corrected chi connectivity index (χ1v) is 13.3. The van der Waals surface area contributed by atoms with Crippen molar-refractivity contribution in [2.45, 2.75) is 83.6 Å². The van der Waals surface area contributed by atoms with E-state index in [1.54, 1.807) is 6.92 Å². The summed E-state index contributed by atoms with van der Waals surface area (Å²) in [6.45, 7) is 3.52. The fraction of sp³-hybridized carbons (Fsp3) is 0.808. The van der Waals surface area contributed by atoms with E-state index in [-0.39, 0.29) is 58.2 Å². The molecule has 0 fully saturated rings. The van der Waals surface area contributed by atoms with Crippen molar-refractivity contribution >= 4 is 30.1 Å². The monoisotopic (exact) mass is 560 g/mol. The Kier molecular flexibility index (Phi) is 30.6. The number of carbonyl (C=O) groups is 3. The summed E-state index contributed by atoms with van der Waals surface area (Å²) >= 11 is 0. The van der Waals surface area contributed by atoms with Crippen LogP contribution in [0.5, 0.6) is 0 Å². The highest BCUT2D eigenvalue weighted by Crippen LogP contribution is 2.07. The Morgan fingerprint density at radius 3 is 1.74 bits per heavy atom. The van der Waals surface area contributed by atoms with Gasteiger partial charge in [-0.25, -0.2) is 19.4 Å². The van der Waals surface area contributed by atoms with Gasteiger partial charge in [0.25, 0.3) is 0 Å². The molecular formula is C26H44N2O11. The number of rotatable bonds is 24. The number of carbonyl (C=O) groups excluding carboxylic acids is 5.